The van der Waals surface area contributed by atoms with Crippen LogP contribution in [0.3, 0.4) is 0 Å². The molecule has 0 aliphatic carbocycles. The van der Waals surface area contributed by atoms with Gasteiger partial charge >= 0.3 is 5.97 Å². The molecule has 1 aromatic carbocycles. The normalized spacial score (nSPS) is 12.2. The van der Waals surface area contributed by atoms with Crippen molar-refractivity contribution in [2.75, 3.05) is 12.3 Å². The Morgan fingerprint density at radius 2 is 2.25 bits per heavy atom. The summed E-state index contributed by atoms with van der Waals surface area (Å²) in [5.74, 6) is -1.55. The molecule has 0 heterocycles. The van der Waals surface area contributed by atoms with Crippen LogP contribution < -0.4 is 5.73 Å². The Morgan fingerprint density at radius 3 is 2.81 bits per heavy atom. The summed E-state index contributed by atoms with van der Waals surface area (Å²) in [6.45, 7) is 1.68. The minimum absolute atomic E-state index is 0.102. The van der Waals surface area contributed by atoms with Gasteiger partial charge in [0.05, 0.1) is 6.61 Å². The number of halogens is 2. The highest BCUT2D eigenvalue weighted by Crippen LogP contribution is 2.27. The lowest BCUT2D eigenvalue weighted by Gasteiger charge is -2.07. The van der Waals surface area contributed by atoms with Crippen molar-refractivity contribution in [2.24, 2.45) is 0 Å². The summed E-state index contributed by atoms with van der Waals surface area (Å²) >= 11 is 0.559. The lowest BCUT2D eigenvalue weighted by atomic mass is 10.3. The van der Waals surface area contributed by atoms with Crippen LogP contribution in [-0.2, 0) is 9.53 Å². The Labute approximate surface area is 96.0 Å². The topological polar surface area (TPSA) is 52.3 Å². The van der Waals surface area contributed by atoms with E-state index in [2.05, 4.69) is 4.74 Å². The van der Waals surface area contributed by atoms with Gasteiger partial charge < -0.3 is 10.5 Å². The van der Waals surface area contributed by atoms with Crippen LogP contribution in [-0.4, -0.2) is 18.1 Å². The van der Waals surface area contributed by atoms with Crippen molar-refractivity contribution in [3.63, 3.8) is 0 Å². The number of benzene rings is 1. The molecule has 2 N–H and O–H groups in total. The largest absolute Gasteiger partial charge is 0.463 e. The van der Waals surface area contributed by atoms with Gasteiger partial charge in [-0.15, -0.1) is 0 Å². The molecule has 16 heavy (non-hydrogen) atoms. The zero-order valence-electron chi connectivity index (χ0n) is 8.57. The first-order valence-electron chi connectivity index (χ1n) is 4.56. The first-order valence-corrected chi connectivity index (χ1v) is 5.44. The Balaban J connectivity index is 2.69. The third-order valence-corrected chi connectivity index (χ3v) is 2.51. The van der Waals surface area contributed by atoms with Gasteiger partial charge in [-0.3, -0.25) is 0 Å². The van der Waals surface area contributed by atoms with E-state index in [4.69, 9.17) is 5.73 Å². The van der Waals surface area contributed by atoms with Crippen LogP contribution in [0.5, 0.6) is 0 Å². The molecule has 0 aliphatic rings. The Hall–Kier alpha value is -1.30. The van der Waals surface area contributed by atoms with Crippen LogP contribution in [0.15, 0.2) is 23.1 Å². The van der Waals surface area contributed by atoms with Gasteiger partial charge in [0, 0.05) is 10.6 Å². The molecule has 0 aliphatic heterocycles. The maximum absolute atomic E-state index is 13.3. The molecule has 1 rings (SSSR count). The van der Waals surface area contributed by atoms with E-state index in [1.54, 1.807) is 6.92 Å². The second-order valence-corrected chi connectivity index (χ2v) is 4.03. The van der Waals surface area contributed by atoms with Crippen LogP contribution in [0.25, 0.3) is 0 Å². The van der Waals surface area contributed by atoms with Gasteiger partial charge in [-0.1, -0.05) is 11.8 Å². The van der Waals surface area contributed by atoms with E-state index in [0.717, 1.165) is 12.1 Å². The minimum Gasteiger partial charge on any atom is -0.463 e. The molecule has 0 radical (unpaired) electrons. The van der Waals surface area contributed by atoms with Gasteiger partial charge in [0.1, 0.15) is 5.82 Å². The van der Waals surface area contributed by atoms with Crippen molar-refractivity contribution < 1.29 is 18.3 Å². The van der Waals surface area contributed by atoms with E-state index in [9.17, 15) is 13.6 Å². The molecule has 1 aromatic rings. The zero-order chi connectivity index (χ0) is 12.1. The van der Waals surface area contributed by atoms with Crippen LogP contribution in [0.1, 0.15) is 6.92 Å². The Bertz CT molecular complexity index is 367. The standard InChI is InChI=1S/C10H11F2NO2S/c1-2-15-10(14)9(12)16-8-4-6(11)3-7(13)5-8/h3-5,9H,2,13H2,1H3. The smallest absolute Gasteiger partial charge is 0.351 e. The van der Waals surface area contributed by atoms with Crippen molar-refractivity contribution in [1.82, 2.24) is 0 Å². The highest BCUT2D eigenvalue weighted by Gasteiger charge is 2.20. The van der Waals surface area contributed by atoms with Crippen molar-refractivity contribution in [3.05, 3.63) is 24.0 Å². The van der Waals surface area contributed by atoms with Gasteiger partial charge in [-0.2, -0.15) is 0 Å². The number of thioether (sulfide) groups is 1. The highest BCUT2D eigenvalue weighted by atomic mass is 32.2. The fourth-order valence-corrected chi connectivity index (χ4v) is 1.82. The molecule has 88 valence electrons. The lowest BCUT2D eigenvalue weighted by Crippen LogP contribution is -2.15. The average Bonchev–Trinajstić information content (AvgIpc) is 2.16. The highest BCUT2D eigenvalue weighted by molar-refractivity contribution is 8.00. The van der Waals surface area contributed by atoms with E-state index in [0.29, 0.717) is 11.8 Å². The van der Waals surface area contributed by atoms with Crippen molar-refractivity contribution in [2.45, 2.75) is 17.3 Å². The summed E-state index contributed by atoms with van der Waals surface area (Å²) in [5, 5.41) is 0. The second-order valence-electron chi connectivity index (χ2n) is 2.91. The first kappa shape index (κ1) is 12.8. The van der Waals surface area contributed by atoms with Crippen molar-refractivity contribution >= 4 is 23.4 Å². The number of esters is 1. The maximum Gasteiger partial charge on any atom is 0.351 e. The number of ether oxygens (including phenoxy) is 1. The van der Waals surface area contributed by atoms with Gasteiger partial charge in [-0.05, 0) is 25.1 Å². The van der Waals surface area contributed by atoms with Gasteiger partial charge in [-0.25, -0.2) is 13.6 Å². The van der Waals surface area contributed by atoms with Crippen LogP contribution in [0.2, 0.25) is 0 Å². The van der Waals surface area contributed by atoms with E-state index in [-0.39, 0.29) is 17.2 Å². The van der Waals surface area contributed by atoms with Crippen molar-refractivity contribution in [3.8, 4) is 0 Å². The number of hydrogen-bond acceptors (Lipinski definition) is 4. The monoisotopic (exact) mass is 247 g/mol. The van der Waals surface area contributed by atoms with Crippen molar-refractivity contribution in [1.29, 1.82) is 0 Å². The average molecular weight is 247 g/mol. The number of carbonyl (C=O) groups is 1. The SMILES string of the molecule is CCOC(=O)C(F)Sc1cc(N)cc(F)c1. The summed E-state index contributed by atoms with van der Waals surface area (Å²) in [4.78, 5) is 11.2. The number of carbonyl (C=O) groups excluding carboxylic acids is 1. The molecule has 0 bridgehead atoms. The van der Waals surface area contributed by atoms with Gasteiger partial charge in [0.25, 0.3) is 0 Å². The number of nitrogen functional groups attached to an aromatic ring is 1. The van der Waals surface area contributed by atoms with Gasteiger partial charge in [0.2, 0.25) is 5.50 Å². The second kappa shape index (κ2) is 5.69. The predicted octanol–water partition coefficient (Wildman–Crippen LogP) is 2.36. The molecule has 0 saturated heterocycles. The van der Waals surface area contributed by atoms with Crippen LogP contribution in [0, 0.1) is 5.82 Å². The molecule has 1 unspecified atom stereocenters. The van der Waals surface area contributed by atoms with Crippen LogP contribution in [0.4, 0.5) is 14.5 Å². The van der Waals surface area contributed by atoms with Gasteiger partial charge in [0.15, 0.2) is 0 Å². The lowest BCUT2D eigenvalue weighted by molar-refractivity contribution is -0.145. The molecule has 3 nitrogen and oxygen atoms in total. The third kappa shape index (κ3) is 3.69. The molecule has 0 aromatic heterocycles. The van der Waals surface area contributed by atoms with E-state index >= 15 is 0 Å². The number of nitrogens with two attached hydrogens (primary N) is 1. The number of alkyl halides is 1. The molecule has 0 saturated carbocycles. The fourth-order valence-electron chi connectivity index (χ4n) is 1.03. The molecule has 0 amide bonds. The number of hydrogen-bond donors (Lipinski definition) is 1. The van der Waals surface area contributed by atoms with E-state index < -0.39 is 17.3 Å². The Morgan fingerprint density at radius 1 is 1.56 bits per heavy atom. The minimum atomic E-state index is -1.87. The van der Waals surface area contributed by atoms with E-state index in [1.165, 1.54) is 6.07 Å². The molecular weight excluding hydrogens is 236 g/mol. The molecule has 0 fully saturated rings. The Kier molecular flexibility index (Phi) is 4.54. The fraction of sp³-hybridized carbons (Fsp3) is 0.300. The molecule has 6 heteroatoms. The number of anilines is 1. The summed E-state index contributed by atoms with van der Waals surface area (Å²) in [6, 6.07) is 3.61. The zero-order valence-corrected chi connectivity index (χ0v) is 9.39. The molecule has 1 atom stereocenters. The molecular formula is C10H11F2NO2S. The van der Waals surface area contributed by atoms with E-state index in [1.807, 2.05) is 0 Å². The predicted molar refractivity (Wildman–Crippen MR) is 58.2 cm³/mol. The quantitative estimate of drug-likeness (QED) is 0.504. The molecule has 0 spiro atoms. The first-order chi connectivity index (χ1) is 7.52. The summed E-state index contributed by atoms with van der Waals surface area (Å²) in [6.07, 6.45) is 0. The maximum atomic E-state index is 13.3. The summed E-state index contributed by atoms with van der Waals surface area (Å²) < 4.78 is 30.6. The summed E-state index contributed by atoms with van der Waals surface area (Å²) in [5.41, 5.74) is 3.68. The number of rotatable bonds is 4. The van der Waals surface area contributed by atoms with Crippen LogP contribution >= 0.6 is 11.8 Å². The summed E-state index contributed by atoms with van der Waals surface area (Å²) in [7, 11) is 0. The third-order valence-electron chi connectivity index (χ3n) is 1.61.